The van der Waals surface area contributed by atoms with Crippen LogP contribution in [-0.4, -0.2) is 32.3 Å². The summed E-state index contributed by atoms with van der Waals surface area (Å²) in [6.45, 7) is 7.74. The summed E-state index contributed by atoms with van der Waals surface area (Å²) < 4.78 is 10.9. The minimum absolute atomic E-state index is 0.0305. The van der Waals surface area contributed by atoms with Gasteiger partial charge < -0.3 is 19.4 Å². The Labute approximate surface area is 150 Å². The van der Waals surface area contributed by atoms with E-state index in [0.29, 0.717) is 22.6 Å². The van der Waals surface area contributed by atoms with Crippen molar-refractivity contribution in [2.45, 2.75) is 33.6 Å². The second kappa shape index (κ2) is 5.72. The minimum atomic E-state index is -0.0305. The van der Waals surface area contributed by atoms with E-state index in [2.05, 4.69) is 20.1 Å². The number of aromatic hydroxyl groups is 1. The molecule has 0 fully saturated rings. The first-order valence-corrected chi connectivity index (χ1v) is 8.44. The number of ether oxygens (including phenoxy) is 1. The van der Waals surface area contributed by atoms with Gasteiger partial charge in [0.15, 0.2) is 0 Å². The molecule has 7 heteroatoms. The molecule has 0 bridgehead atoms. The van der Waals surface area contributed by atoms with Crippen LogP contribution >= 0.6 is 0 Å². The zero-order valence-corrected chi connectivity index (χ0v) is 15.3. The Morgan fingerprint density at radius 2 is 1.96 bits per heavy atom. The highest BCUT2D eigenvalue weighted by Gasteiger charge is 2.20. The van der Waals surface area contributed by atoms with Gasteiger partial charge in [-0.25, -0.2) is 4.98 Å². The van der Waals surface area contributed by atoms with Crippen LogP contribution in [-0.2, 0) is 0 Å². The molecule has 0 atom stereocenters. The van der Waals surface area contributed by atoms with Crippen molar-refractivity contribution in [1.82, 2.24) is 20.1 Å². The number of methoxy groups -OCH3 is 1. The second-order valence-electron chi connectivity index (χ2n) is 6.71. The van der Waals surface area contributed by atoms with E-state index in [-0.39, 0.29) is 11.8 Å². The van der Waals surface area contributed by atoms with Gasteiger partial charge in [0.2, 0.25) is 5.88 Å². The van der Waals surface area contributed by atoms with Crippen molar-refractivity contribution in [3.05, 3.63) is 29.4 Å². The number of benzene rings is 1. The molecule has 0 unspecified atom stereocenters. The van der Waals surface area contributed by atoms with Gasteiger partial charge in [-0.2, -0.15) is 4.98 Å². The zero-order valence-electron chi connectivity index (χ0n) is 15.3. The summed E-state index contributed by atoms with van der Waals surface area (Å²) in [6, 6.07) is 3.85. The number of aromatic nitrogens is 4. The van der Waals surface area contributed by atoms with Gasteiger partial charge in [0.05, 0.1) is 23.8 Å². The molecule has 0 amide bonds. The Hall–Kier alpha value is -3.09. The lowest BCUT2D eigenvalue weighted by molar-refractivity contribution is 0.393. The molecule has 0 aliphatic heterocycles. The van der Waals surface area contributed by atoms with Gasteiger partial charge in [-0.05, 0) is 26.0 Å². The molecular formula is C19H20N4O3. The average molecular weight is 352 g/mol. The van der Waals surface area contributed by atoms with E-state index >= 15 is 0 Å². The number of hydrogen-bond donors (Lipinski definition) is 2. The summed E-state index contributed by atoms with van der Waals surface area (Å²) >= 11 is 0. The molecule has 0 saturated heterocycles. The molecule has 3 heterocycles. The maximum atomic E-state index is 10.5. The fourth-order valence-electron chi connectivity index (χ4n) is 3.31. The van der Waals surface area contributed by atoms with Crippen molar-refractivity contribution in [3.63, 3.8) is 0 Å². The summed E-state index contributed by atoms with van der Waals surface area (Å²) in [5.41, 5.74) is 4.01. The normalized spacial score (nSPS) is 11.8. The smallest absolute Gasteiger partial charge is 0.224 e. The SMILES string of the molecule is COc1cc2c(cc1-c1c(C)noc1C)[nH]c1nc(C(C)C)nc(O)c12. The molecule has 3 aromatic heterocycles. The van der Waals surface area contributed by atoms with Crippen molar-refractivity contribution < 1.29 is 14.4 Å². The Balaban J connectivity index is 2.06. The average Bonchev–Trinajstić information content (AvgIpc) is 3.12. The van der Waals surface area contributed by atoms with Crippen LogP contribution < -0.4 is 4.74 Å². The zero-order chi connectivity index (χ0) is 18.6. The largest absolute Gasteiger partial charge is 0.496 e. The summed E-state index contributed by atoms with van der Waals surface area (Å²) in [5, 5.41) is 15.9. The lowest BCUT2D eigenvalue weighted by Gasteiger charge is -2.09. The van der Waals surface area contributed by atoms with E-state index < -0.39 is 0 Å². The van der Waals surface area contributed by atoms with Crippen molar-refractivity contribution in [2.24, 2.45) is 0 Å². The maximum absolute atomic E-state index is 10.5. The fraction of sp³-hybridized carbons (Fsp3) is 0.316. The third kappa shape index (κ3) is 2.31. The first kappa shape index (κ1) is 16.4. The lowest BCUT2D eigenvalue weighted by atomic mass is 10.0. The quantitative estimate of drug-likeness (QED) is 0.573. The Morgan fingerprint density at radius 1 is 1.19 bits per heavy atom. The van der Waals surface area contributed by atoms with Crippen molar-refractivity contribution in [3.8, 4) is 22.8 Å². The van der Waals surface area contributed by atoms with Crippen molar-refractivity contribution in [1.29, 1.82) is 0 Å². The van der Waals surface area contributed by atoms with Crippen molar-refractivity contribution in [2.75, 3.05) is 7.11 Å². The number of H-pyrrole nitrogens is 1. The van der Waals surface area contributed by atoms with Crippen LogP contribution in [0, 0.1) is 13.8 Å². The third-order valence-corrected chi connectivity index (χ3v) is 4.59. The van der Waals surface area contributed by atoms with Crippen LogP contribution in [0.5, 0.6) is 11.6 Å². The predicted molar refractivity (Wildman–Crippen MR) is 98.7 cm³/mol. The van der Waals surface area contributed by atoms with Gasteiger partial charge in [-0.15, -0.1) is 0 Å². The molecule has 0 aliphatic rings. The summed E-state index contributed by atoms with van der Waals surface area (Å²) in [6.07, 6.45) is 0. The molecular weight excluding hydrogens is 332 g/mol. The van der Waals surface area contributed by atoms with Crippen LogP contribution in [0.25, 0.3) is 33.1 Å². The first-order chi connectivity index (χ1) is 12.4. The number of aryl methyl sites for hydroxylation is 2. The standard InChI is InChI=1S/C19H20N4O3/c1-8(2)17-21-18-16(19(24)22-17)11-7-14(25-5)12(6-13(11)20-18)15-9(3)23-26-10(15)4/h6-8H,1-5H3,(H2,20,21,22,24). The molecule has 4 aromatic rings. The molecule has 2 N–H and O–H groups in total. The maximum Gasteiger partial charge on any atom is 0.224 e. The number of nitrogens with one attached hydrogen (secondary N) is 1. The van der Waals surface area contributed by atoms with Gasteiger partial charge in [0.25, 0.3) is 0 Å². The van der Waals surface area contributed by atoms with E-state index in [4.69, 9.17) is 9.26 Å². The van der Waals surface area contributed by atoms with Crippen LogP contribution in [0.4, 0.5) is 0 Å². The fourth-order valence-corrected chi connectivity index (χ4v) is 3.31. The first-order valence-electron chi connectivity index (χ1n) is 8.44. The Kier molecular flexibility index (Phi) is 3.61. The Bertz CT molecular complexity index is 1120. The van der Waals surface area contributed by atoms with Crippen LogP contribution in [0.15, 0.2) is 16.7 Å². The molecule has 0 spiro atoms. The van der Waals surface area contributed by atoms with E-state index in [1.54, 1.807) is 7.11 Å². The number of aromatic amines is 1. The molecule has 1 aromatic carbocycles. The molecule has 7 nitrogen and oxygen atoms in total. The second-order valence-corrected chi connectivity index (χ2v) is 6.71. The van der Waals surface area contributed by atoms with E-state index in [1.165, 1.54) is 0 Å². The lowest BCUT2D eigenvalue weighted by Crippen LogP contribution is -1.97. The van der Waals surface area contributed by atoms with E-state index in [0.717, 1.165) is 33.5 Å². The Morgan fingerprint density at radius 3 is 2.58 bits per heavy atom. The summed E-state index contributed by atoms with van der Waals surface area (Å²) in [5.74, 6) is 2.07. The van der Waals surface area contributed by atoms with Crippen LogP contribution in [0.1, 0.15) is 37.0 Å². The van der Waals surface area contributed by atoms with Crippen LogP contribution in [0.2, 0.25) is 0 Å². The summed E-state index contributed by atoms with van der Waals surface area (Å²) in [4.78, 5) is 12.1. The molecule has 0 aliphatic carbocycles. The minimum Gasteiger partial charge on any atom is -0.496 e. The van der Waals surface area contributed by atoms with Gasteiger partial charge in [-0.1, -0.05) is 19.0 Å². The highest BCUT2D eigenvalue weighted by Crippen LogP contribution is 2.40. The van der Waals surface area contributed by atoms with Gasteiger partial charge in [0.1, 0.15) is 23.0 Å². The highest BCUT2D eigenvalue weighted by atomic mass is 16.5. The number of hydrogen-bond acceptors (Lipinski definition) is 6. The predicted octanol–water partition coefficient (Wildman–Crippen LogP) is 4.22. The highest BCUT2D eigenvalue weighted by molar-refractivity contribution is 6.10. The number of fused-ring (bicyclic) bond motifs is 3. The van der Waals surface area contributed by atoms with Gasteiger partial charge in [-0.3, -0.25) is 0 Å². The van der Waals surface area contributed by atoms with Gasteiger partial charge >= 0.3 is 0 Å². The molecule has 26 heavy (non-hydrogen) atoms. The van der Waals surface area contributed by atoms with Crippen molar-refractivity contribution >= 4 is 21.9 Å². The number of nitrogens with zero attached hydrogens (tertiary/aromatic N) is 3. The van der Waals surface area contributed by atoms with Crippen LogP contribution in [0.3, 0.4) is 0 Å². The van der Waals surface area contributed by atoms with E-state index in [9.17, 15) is 5.11 Å². The summed E-state index contributed by atoms with van der Waals surface area (Å²) in [7, 11) is 1.62. The molecule has 0 radical (unpaired) electrons. The molecule has 134 valence electrons. The van der Waals surface area contributed by atoms with E-state index in [1.807, 2.05) is 39.8 Å². The monoisotopic (exact) mass is 352 g/mol. The molecule has 4 rings (SSSR count). The number of rotatable bonds is 3. The third-order valence-electron chi connectivity index (χ3n) is 4.59. The van der Waals surface area contributed by atoms with Gasteiger partial charge in [0, 0.05) is 22.4 Å². The topological polar surface area (TPSA) is 97.1 Å². The molecule has 0 saturated carbocycles.